The topological polar surface area (TPSA) is 54.5 Å². The second-order valence-electron chi connectivity index (χ2n) is 6.56. The van der Waals surface area contributed by atoms with Crippen molar-refractivity contribution in [1.82, 2.24) is 15.2 Å². The van der Waals surface area contributed by atoms with Crippen LogP contribution in [0.15, 0.2) is 24.4 Å². The summed E-state index contributed by atoms with van der Waals surface area (Å²) in [6.07, 6.45) is 4.04. The third-order valence-electron chi connectivity index (χ3n) is 4.61. The summed E-state index contributed by atoms with van der Waals surface area (Å²) in [5.74, 6) is 0.623. The van der Waals surface area contributed by atoms with Crippen molar-refractivity contribution in [1.29, 1.82) is 0 Å². The molecule has 2 amide bonds. The fourth-order valence-corrected chi connectivity index (χ4v) is 4.01. The summed E-state index contributed by atoms with van der Waals surface area (Å²) in [7, 11) is 0. The van der Waals surface area contributed by atoms with Crippen molar-refractivity contribution in [2.75, 3.05) is 13.2 Å². The Kier molecular flexibility index (Phi) is 4.33. The maximum absolute atomic E-state index is 14.1. The van der Waals surface area contributed by atoms with E-state index in [1.165, 1.54) is 6.07 Å². The van der Waals surface area contributed by atoms with Crippen LogP contribution in [-0.2, 0) is 6.54 Å². The first-order chi connectivity index (χ1) is 12.1. The van der Waals surface area contributed by atoms with Gasteiger partial charge in [-0.25, -0.2) is 14.2 Å². The second kappa shape index (κ2) is 6.63. The second-order valence-corrected chi connectivity index (χ2v) is 7.83. The van der Waals surface area contributed by atoms with Crippen molar-refractivity contribution in [3.05, 3.63) is 45.7 Å². The van der Waals surface area contributed by atoms with Crippen molar-refractivity contribution in [2.45, 2.75) is 32.4 Å². The van der Waals surface area contributed by atoms with Crippen molar-refractivity contribution in [3.63, 3.8) is 0 Å². The molecule has 5 nitrogen and oxygen atoms in total. The van der Waals surface area contributed by atoms with Crippen LogP contribution in [0.5, 0.6) is 5.75 Å². The molecule has 1 aliphatic heterocycles. The number of thiazole rings is 1. The van der Waals surface area contributed by atoms with E-state index in [1.807, 2.05) is 13.1 Å². The molecule has 1 aromatic heterocycles. The van der Waals surface area contributed by atoms with Gasteiger partial charge < -0.3 is 15.0 Å². The number of hydrogen-bond donors (Lipinski definition) is 1. The average Bonchev–Trinajstić information content (AvgIpc) is 3.37. The molecule has 0 radical (unpaired) electrons. The van der Waals surface area contributed by atoms with E-state index < -0.39 is 0 Å². The molecule has 1 atom stereocenters. The number of urea groups is 1. The van der Waals surface area contributed by atoms with Crippen LogP contribution < -0.4 is 10.1 Å². The van der Waals surface area contributed by atoms with Crippen molar-refractivity contribution >= 4 is 17.4 Å². The quantitative estimate of drug-likeness (QED) is 0.908. The number of nitrogens with one attached hydrogen (secondary N) is 1. The van der Waals surface area contributed by atoms with Gasteiger partial charge in [-0.3, -0.25) is 0 Å². The van der Waals surface area contributed by atoms with Gasteiger partial charge in [-0.2, -0.15) is 0 Å². The monoisotopic (exact) mass is 361 g/mol. The van der Waals surface area contributed by atoms with Crippen LogP contribution in [-0.4, -0.2) is 29.1 Å². The zero-order valence-electron chi connectivity index (χ0n) is 14.0. The van der Waals surface area contributed by atoms with E-state index in [2.05, 4.69) is 10.3 Å². The van der Waals surface area contributed by atoms with Crippen LogP contribution in [0.2, 0.25) is 0 Å². The first kappa shape index (κ1) is 16.3. The standard InChI is InChI=1S/C18H20FN3O2S/c1-11-9-20-17(25-11)16(12-5-6-12)21-18(23)22-7-8-24-15-4-2-3-14(19)13(15)10-22/h2-4,9,12,16H,5-8,10H2,1H3,(H,21,23). The number of benzene rings is 1. The predicted octanol–water partition coefficient (Wildman–Crippen LogP) is 3.65. The number of amides is 2. The predicted molar refractivity (Wildman–Crippen MR) is 93.2 cm³/mol. The van der Waals surface area contributed by atoms with Crippen LogP contribution in [0.3, 0.4) is 0 Å². The number of nitrogens with zero attached hydrogens (tertiary/aromatic N) is 2. The van der Waals surface area contributed by atoms with Gasteiger partial charge in [0.05, 0.1) is 19.1 Å². The summed E-state index contributed by atoms with van der Waals surface area (Å²) in [5.41, 5.74) is 0.434. The lowest BCUT2D eigenvalue weighted by atomic mass is 10.1. The molecular formula is C18H20FN3O2S. The SMILES string of the molecule is Cc1cnc(C(NC(=O)N2CCOc3cccc(F)c3C2)C2CC2)s1. The number of rotatable bonds is 3. The van der Waals surface area contributed by atoms with Crippen molar-refractivity contribution in [2.24, 2.45) is 5.92 Å². The van der Waals surface area contributed by atoms with Gasteiger partial charge in [0.2, 0.25) is 0 Å². The Morgan fingerprint density at radius 2 is 2.32 bits per heavy atom. The zero-order chi connectivity index (χ0) is 17.4. The Morgan fingerprint density at radius 1 is 1.48 bits per heavy atom. The molecule has 25 heavy (non-hydrogen) atoms. The Bertz CT molecular complexity index is 790. The third kappa shape index (κ3) is 3.46. The van der Waals surface area contributed by atoms with E-state index >= 15 is 0 Å². The fourth-order valence-electron chi connectivity index (χ4n) is 3.09. The first-order valence-corrected chi connectivity index (χ1v) is 9.31. The minimum Gasteiger partial charge on any atom is -0.491 e. The maximum atomic E-state index is 14.1. The summed E-state index contributed by atoms with van der Waals surface area (Å²) in [6, 6.07) is 4.51. The molecule has 1 N–H and O–H groups in total. The summed E-state index contributed by atoms with van der Waals surface area (Å²) in [6.45, 7) is 3.00. The van der Waals surface area contributed by atoms with Gasteiger partial charge >= 0.3 is 6.03 Å². The Labute approximate surface area is 149 Å². The lowest BCUT2D eigenvalue weighted by molar-refractivity contribution is 0.182. The van der Waals surface area contributed by atoms with Gasteiger partial charge in [-0.15, -0.1) is 11.3 Å². The number of ether oxygens (including phenoxy) is 1. The van der Waals surface area contributed by atoms with E-state index in [0.29, 0.717) is 30.4 Å². The lowest BCUT2D eigenvalue weighted by Gasteiger charge is -2.24. The minimum atomic E-state index is -0.341. The van der Waals surface area contributed by atoms with Gasteiger partial charge in [0.15, 0.2) is 0 Å². The van der Waals surface area contributed by atoms with Crippen molar-refractivity contribution in [3.8, 4) is 5.75 Å². The number of carbonyl (C=O) groups excluding carboxylic acids is 1. The van der Waals surface area contributed by atoms with Gasteiger partial charge in [0.1, 0.15) is 23.2 Å². The third-order valence-corrected chi connectivity index (χ3v) is 5.60. The summed E-state index contributed by atoms with van der Waals surface area (Å²) in [4.78, 5) is 20.0. The molecule has 1 saturated carbocycles. The molecule has 2 aliphatic rings. The number of aromatic nitrogens is 1. The molecule has 4 rings (SSSR count). The molecule has 1 fully saturated rings. The minimum absolute atomic E-state index is 0.0598. The summed E-state index contributed by atoms with van der Waals surface area (Å²) < 4.78 is 19.7. The molecule has 2 heterocycles. The highest BCUT2D eigenvalue weighted by Crippen LogP contribution is 2.42. The Hall–Kier alpha value is -2.15. The molecular weight excluding hydrogens is 341 g/mol. The van der Waals surface area contributed by atoms with E-state index in [9.17, 15) is 9.18 Å². The zero-order valence-corrected chi connectivity index (χ0v) is 14.8. The van der Waals surface area contributed by atoms with Gasteiger partial charge in [0, 0.05) is 16.6 Å². The lowest BCUT2D eigenvalue weighted by Crippen LogP contribution is -2.42. The molecule has 0 bridgehead atoms. The average molecular weight is 361 g/mol. The van der Waals surface area contributed by atoms with Crippen LogP contribution in [0, 0.1) is 18.7 Å². The molecule has 1 aromatic carbocycles. The highest BCUT2D eigenvalue weighted by Gasteiger charge is 2.36. The molecule has 0 saturated heterocycles. The molecule has 1 aliphatic carbocycles. The maximum Gasteiger partial charge on any atom is 0.318 e. The number of fused-ring (bicyclic) bond motifs is 1. The van der Waals surface area contributed by atoms with E-state index in [1.54, 1.807) is 28.4 Å². The van der Waals surface area contributed by atoms with Crippen molar-refractivity contribution < 1.29 is 13.9 Å². The largest absolute Gasteiger partial charge is 0.491 e. The van der Waals surface area contributed by atoms with Gasteiger partial charge in [-0.05, 0) is 37.8 Å². The molecule has 7 heteroatoms. The first-order valence-electron chi connectivity index (χ1n) is 8.50. The normalized spacial score (nSPS) is 18.1. The molecule has 1 unspecified atom stereocenters. The van der Waals surface area contributed by atoms with Crippen LogP contribution in [0.25, 0.3) is 0 Å². The number of aryl methyl sites for hydroxylation is 1. The van der Waals surface area contributed by atoms with E-state index in [-0.39, 0.29) is 24.4 Å². The summed E-state index contributed by atoms with van der Waals surface area (Å²) >= 11 is 1.62. The van der Waals surface area contributed by atoms with Crippen LogP contribution in [0.4, 0.5) is 9.18 Å². The van der Waals surface area contributed by atoms with Crippen LogP contribution >= 0.6 is 11.3 Å². The Morgan fingerprint density at radius 3 is 3.04 bits per heavy atom. The van der Waals surface area contributed by atoms with E-state index in [0.717, 1.165) is 22.7 Å². The molecule has 132 valence electrons. The summed E-state index contributed by atoms with van der Waals surface area (Å²) in [5, 5.41) is 4.06. The molecule has 0 spiro atoms. The van der Waals surface area contributed by atoms with Gasteiger partial charge in [0.25, 0.3) is 0 Å². The fraction of sp³-hybridized carbons (Fsp3) is 0.444. The highest BCUT2D eigenvalue weighted by atomic mass is 32.1. The smallest absolute Gasteiger partial charge is 0.318 e. The molecule has 2 aromatic rings. The number of carbonyl (C=O) groups is 1. The van der Waals surface area contributed by atoms with E-state index in [4.69, 9.17) is 4.74 Å². The van der Waals surface area contributed by atoms with Gasteiger partial charge in [-0.1, -0.05) is 6.07 Å². The number of halogens is 1. The number of hydrogen-bond acceptors (Lipinski definition) is 4. The highest BCUT2D eigenvalue weighted by molar-refractivity contribution is 7.11. The Balaban J connectivity index is 1.51. The van der Waals surface area contributed by atoms with Crippen LogP contribution in [0.1, 0.15) is 34.3 Å².